The topological polar surface area (TPSA) is 112 Å². The van der Waals surface area contributed by atoms with Crippen LogP contribution in [0.25, 0.3) is 22.2 Å². The Kier molecular flexibility index (Phi) is 5.77. The van der Waals surface area contributed by atoms with Gasteiger partial charge in [-0.15, -0.1) is 12.4 Å². The van der Waals surface area contributed by atoms with Crippen LogP contribution in [0.5, 0.6) is 0 Å². The van der Waals surface area contributed by atoms with Crippen molar-refractivity contribution < 1.29 is 9.59 Å². The molecule has 0 saturated heterocycles. The predicted octanol–water partition coefficient (Wildman–Crippen LogP) is 3.97. The molecular formula is C24H20ClN5O2. The number of nitrogens with zero attached hydrogens (tertiary/aromatic N) is 1. The minimum absolute atomic E-state index is 0. The first-order valence-electron chi connectivity index (χ1n) is 9.82. The smallest absolute Gasteiger partial charge is 0.272 e. The first-order chi connectivity index (χ1) is 15.1. The van der Waals surface area contributed by atoms with Crippen molar-refractivity contribution in [2.75, 3.05) is 5.32 Å². The molecule has 0 unspecified atom stereocenters. The van der Waals surface area contributed by atoms with Crippen LogP contribution >= 0.6 is 12.4 Å². The van der Waals surface area contributed by atoms with Crippen LogP contribution in [0.15, 0.2) is 77.9 Å². The molecule has 0 radical (unpaired) electrons. The molecule has 0 aliphatic carbocycles. The minimum atomic E-state index is -0.827. The maximum atomic E-state index is 12.7. The van der Waals surface area contributed by atoms with Crippen molar-refractivity contribution in [1.82, 2.24) is 10.4 Å². The Hall–Kier alpha value is -3.94. The number of hydrogen-bond acceptors (Lipinski definition) is 4. The molecule has 0 spiro atoms. The molecule has 7 nitrogen and oxygen atoms in total. The Labute approximate surface area is 190 Å². The Balaban J connectivity index is 0.00000245. The fourth-order valence-corrected chi connectivity index (χ4v) is 3.82. The second-order valence-corrected chi connectivity index (χ2v) is 7.30. The highest BCUT2D eigenvalue weighted by molar-refractivity contribution is 6.18. The number of hydrogen-bond donors (Lipinski definition) is 4. The molecule has 3 aromatic carbocycles. The Bertz CT molecular complexity index is 1330. The molecule has 4 aromatic rings. The van der Waals surface area contributed by atoms with Crippen LogP contribution in [0.1, 0.15) is 27.5 Å². The van der Waals surface area contributed by atoms with Crippen molar-refractivity contribution in [1.29, 1.82) is 0 Å². The summed E-state index contributed by atoms with van der Waals surface area (Å²) in [6.45, 7) is 0. The first-order valence-corrected chi connectivity index (χ1v) is 9.82. The van der Waals surface area contributed by atoms with Crippen molar-refractivity contribution in [3.05, 3.63) is 89.5 Å². The van der Waals surface area contributed by atoms with Gasteiger partial charge in [0.2, 0.25) is 5.91 Å². The highest BCUT2D eigenvalue weighted by atomic mass is 35.5. The highest BCUT2D eigenvalue weighted by Gasteiger charge is 2.23. The maximum Gasteiger partial charge on any atom is 0.272 e. The number of benzene rings is 3. The lowest BCUT2D eigenvalue weighted by molar-refractivity contribution is -0.117. The van der Waals surface area contributed by atoms with E-state index in [-0.39, 0.29) is 24.2 Å². The number of halogens is 1. The molecule has 5 N–H and O–H groups in total. The number of carbonyl (C=O) groups is 2. The molecule has 0 bridgehead atoms. The molecule has 1 aliphatic rings. The van der Waals surface area contributed by atoms with Crippen LogP contribution < -0.4 is 16.5 Å². The third-order valence-corrected chi connectivity index (χ3v) is 5.31. The highest BCUT2D eigenvalue weighted by Crippen LogP contribution is 2.34. The third-order valence-electron chi connectivity index (χ3n) is 5.31. The third kappa shape index (κ3) is 3.75. The van der Waals surface area contributed by atoms with Crippen LogP contribution in [0.3, 0.4) is 0 Å². The lowest BCUT2D eigenvalue weighted by Crippen LogP contribution is -2.27. The van der Waals surface area contributed by atoms with Crippen LogP contribution in [0, 0.1) is 0 Å². The van der Waals surface area contributed by atoms with E-state index in [1.807, 2.05) is 48.5 Å². The quantitative estimate of drug-likeness (QED) is 0.381. The van der Waals surface area contributed by atoms with Crippen molar-refractivity contribution in [2.24, 2.45) is 10.8 Å². The SMILES string of the molecule is Cl.N[C@@H](C(=O)Nc1cc2c3c(c(-c4ccccc4)[nH]c3c1)C=NNC2=O)c1ccccc1. The van der Waals surface area contributed by atoms with Gasteiger partial charge >= 0.3 is 0 Å². The number of H-pyrrole nitrogens is 1. The van der Waals surface area contributed by atoms with E-state index in [1.165, 1.54) is 0 Å². The van der Waals surface area contributed by atoms with Crippen molar-refractivity contribution in [3.8, 4) is 11.3 Å². The van der Waals surface area contributed by atoms with Crippen LogP contribution in [0.4, 0.5) is 5.69 Å². The van der Waals surface area contributed by atoms with Gasteiger partial charge in [0.1, 0.15) is 6.04 Å². The number of hydrazone groups is 1. The molecule has 8 heteroatoms. The van der Waals surface area contributed by atoms with E-state index >= 15 is 0 Å². The summed E-state index contributed by atoms with van der Waals surface area (Å²) in [6.07, 6.45) is 1.64. The van der Waals surface area contributed by atoms with Crippen LogP contribution in [0.2, 0.25) is 0 Å². The van der Waals surface area contributed by atoms with E-state index in [2.05, 4.69) is 20.8 Å². The van der Waals surface area contributed by atoms with Gasteiger partial charge in [0, 0.05) is 22.2 Å². The molecule has 2 heterocycles. The van der Waals surface area contributed by atoms with Crippen molar-refractivity contribution in [3.63, 3.8) is 0 Å². The first kappa shape index (κ1) is 21.3. The van der Waals surface area contributed by atoms with Crippen molar-refractivity contribution in [2.45, 2.75) is 6.04 Å². The average molecular weight is 446 g/mol. The number of nitrogens with one attached hydrogen (secondary N) is 3. The lowest BCUT2D eigenvalue weighted by atomic mass is 10.0. The number of rotatable bonds is 4. The van der Waals surface area contributed by atoms with Gasteiger partial charge in [-0.05, 0) is 23.3 Å². The molecule has 1 aromatic heterocycles. The summed E-state index contributed by atoms with van der Waals surface area (Å²) in [5.41, 5.74) is 13.6. The van der Waals surface area contributed by atoms with Gasteiger partial charge in [-0.25, -0.2) is 5.43 Å². The molecular weight excluding hydrogens is 426 g/mol. The van der Waals surface area contributed by atoms with Gasteiger partial charge in [-0.3, -0.25) is 9.59 Å². The molecule has 32 heavy (non-hydrogen) atoms. The molecule has 1 atom stereocenters. The van der Waals surface area contributed by atoms with E-state index in [9.17, 15) is 9.59 Å². The number of aromatic amines is 1. The van der Waals surface area contributed by atoms with E-state index < -0.39 is 6.04 Å². The summed E-state index contributed by atoms with van der Waals surface area (Å²) >= 11 is 0. The molecule has 1 aliphatic heterocycles. The average Bonchev–Trinajstić information content (AvgIpc) is 3.08. The monoisotopic (exact) mass is 445 g/mol. The standard InChI is InChI=1S/C24H19N5O2.ClH/c25-21(14-7-3-1-4-8-14)24(31)27-16-11-17-20-18(13-26-29-23(17)30)22(28-19(20)12-16)15-9-5-2-6-10-15;/h1-13,21,28H,25H2,(H,27,31)(H,29,30);1H/t21-;/m1./s1. The molecule has 0 saturated carbocycles. The number of anilines is 1. The van der Waals surface area contributed by atoms with Gasteiger partial charge in [-0.2, -0.15) is 5.10 Å². The summed E-state index contributed by atoms with van der Waals surface area (Å²) in [6, 6.07) is 21.6. The summed E-state index contributed by atoms with van der Waals surface area (Å²) < 4.78 is 0. The summed E-state index contributed by atoms with van der Waals surface area (Å²) in [4.78, 5) is 28.8. The molecule has 0 fully saturated rings. The zero-order valence-corrected chi connectivity index (χ0v) is 17.6. The van der Waals surface area contributed by atoms with E-state index in [0.717, 1.165) is 27.7 Å². The van der Waals surface area contributed by atoms with Gasteiger partial charge < -0.3 is 16.0 Å². The van der Waals surface area contributed by atoms with Gasteiger partial charge in [-0.1, -0.05) is 60.7 Å². The minimum Gasteiger partial charge on any atom is -0.354 e. The largest absolute Gasteiger partial charge is 0.354 e. The van der Waals surface area contributed by atoms with Gasteiger partial charge in [0.25, 0.3) is 5.91 Å². The molecule has 5 rings (SSSR count). The van der Waals surface area contributed by atoms with Crippen molar-refractivity contribution >= 4 is 47.0 Å². The van der Waals surface area contributed by atoms with Crippen LogP contribution in [-0.2, 0) is 4.79 Å². The fourth-order valence-electron chi connectivity index (χ4n) is 3.82. The predicted molar refractivity (Wildman–Crippen MR) is 128 cm³/mol. The summed E-state index contributed by atoms with van der Waals surface area (Å²) in [7, 11) is 0. The second-order valence-electron chi connectivity index (χ2n) is 7.30. The summed E-state index contributed by atoms with van der Waals surface area (Å²) in [5.74, 6) is -0.708. The Morgan fingerprint density at radius 2 is 1.69 bits per heavy atom. The Morgan fingerprint density at radius 1 is 1.00 bits per heavy atom. The molecule has 2 amide bonds. The zero-order valence-electron chi connectivity index (χ0n) is 16.8. The number of nitrogens with two attached hydrogens (primary N) is 1. The number of carbonyl (C=O) groups excluding carboxylic acids is 2. The number of amides is 2. The number of aromatic nitrogens is 1. The second kappa shape index (κ2) is 8.66. The normalized spacial score (nSPS) is 13.1. The van der Waals surface area contributed by atoms with E-state index in [0.29, 0.717) is 16.8 Å². The van der Waals surface area contributed by atoms with Gasteiger partial charge in [0.15, 0.2) is 0 Å². The maximum absolute atomic E-state index is 12.7. The van der Waals surface area contributed by atoms with Gasteiger partial charge in [0.05, 0.1) is 17.5 Å². The summed E-state index contributed by atoms with van der Waals surface area (Å²) in [5, 5.41) is 7.65. The van der Waals surface area contributed by atoms with Crippen LogP contribution in [-0.4, -0.2) is 23.0 Å². The Morgan fingerprint density at radius 3 is 2.41 bits per heavy atom. The zero-order chi connectivity index (χ0) is 21.4. The lowest BCUT2D eigenvalue weighted by Gasteiger charge is -2.13. The fraction of sp³-hybridized carbons (Fsp3) is 0.0417. The van der Waals surface area contributed by atoms with E-state index in [1.54, 1.807) is 30.5 Å². The van der Waals surface area contributed by atoms with E-state index in [4.69, 9.17) is 5.73 Å². The molecule has 160 valence electrons.